The molecule has 0 spiro atoms. The third kappa shape index (κ3) is 12.5. The van der Waals surface area contributed by atoms with E-state index in [9.17, 15) is 34.2 Å². The van der Waals surface area contributed by atoms with Gasteiger partial charge < -0.3 is 43.5 Å². The number of ether oxygens (including phenoxy) is 4. The van der Waals surface area contributed by atoms with Crippen molar-refractivity contribution in [2.75, 3.05) is 53.0 Å². The number of aryl methyl sites for hydroxylation is 1. The zero-order chi connectivity index (χ0) is 53.7. The maximum absolute atomic E-state index is 15.1. The number of nitrogens with zero attached hydrogens (tertiary/aromatic N) is 1. The van der Waals surface area contributed by atoms with E-state index in [1.807, 2.05) is 19.2 Å². The summed E-state index contributed by atoms with van der Waals surface area (Å²) in [5, 5.41) is 26.9. The lowest BCUT2D eigenvalue weighted by Crippen LogP contribution is -2.63. The minimum atomic E-state index is -4.90. The fourth-order valence-corrected chi connectivity index (χ4v) is 15.6. The average Bonchev–Trinajstić information content (AvgIpc) is 3.90. The normalized spacial score (nSPS) is 33.6. The number of carbonyl (C=O) groups is 3. The van der Waals surface area contributed by atoms with E-state index in [0.717, 1.165) is 109 Å². The topological polar surface area (TPSA) is 207 Å². The summed E-state index contributed by atoms with van der Waals surface area (Å²) in [5.41, 5.74) is 0.953. The molecule has 5 aliphatic carbocycles. The molecule has 2 heterocycles. The van der Waals surface area contributed by atoms with Gasteiger partial charge >= 0.3 is 13.8 Å². The van der Waals surface area contributed by atoms with Gasteiger partial charge in [0.1, 0.15) is 12.3 Å². The Labute approximate surface area is 450 Å². The molecule has 0 amide bonds. The number of fused-ring (bicyclic) bond motifs is 7. The summed E-state index contributed by atoms with van der Waals surface area (Å²) in [6, 6.07) is 15.4. The average molecular weight is 1070 g/mol. The third-order valence-corrected chi connectivity index (χ3v) is 19.7. The maximum Gasteiger partial charge on any atom is 0.524 e. The highest BCUT2D eigenvalue weighted by Gasteiger charge is 2.76. The Morgan fingerprint density at radius 1 is 0.934 bits per heavy atom. The van der Waals surface area contributed by atoms with Gasteiger partial charge in [0.2, 0.25) is 5.78 Å². The highest BCUT2D eigenvalue weighted by molar-refractivity contribution is 7.46. The highest BCUT2D eigenvalue weighted by Crippen LogP contribution is 2.70. The van der Waals surface area contributed by atoms with E-state index in [2.05, 4.69) is 43.4 Å². The molecule has 4 unspecified atom stereocenters. The Bertz CT molecular complexity index is 2450. The molecule has 15 nitrogen and oxygen atoms in total. The summed E-state index contributed by atoms with van der Waals surface area (Å²) in [7, 11) is -2.87. The van der Waals surface area contributed by atoms with Gasteiger partial charge in [0.05, 0.1) is 44.4 Å². The van der Waals surface area contributed by atoms with Crippen molar-refractivity contribution in [1.29, 1.82) is 0 Å². The zero-order valence-corrected chi connectivity index (χ0v) is 46.2. The largest absolute Gasteiger partial charge is 0.524 e. The first-order valence-electron chi connectivity index (χ1n) is 28.8. The molecule has 5 N–H and O–H groups in total. The van der Waals surface area contributed by atoms with E-state index in [1.54, 1.807) is 24.3 Å². The smallest absolute Gasteiger partial charge is 0.457 e. The van der Waals surface area contributed by atoms with Crippen LogP contribution in [0.25, 0.3) is 0 Å². The summed E-state index contributed by atoms with van der Waals surface area (Å²) in [5.74, 6) is -1.09. The highest BCUT2D eigenvalue weighted by atomic mass is 31.2. The van der Waals surface area contributed by atoms with Crippen LogP contribution < -0.4 is 9.84 Å². The first-order chi connectivity index (χ1) is 36.4. The quantitative estimate of drug-likeness (QED) is 0.0288. The van der Waals surface area contributed by atoms with Crippen molar-refractivity contribution in [3.05, 3.63) is 89.0 Å². The predicted octanol–water partition coefficient (Wildman–Crippen LogP) is 8.80. The Hall–Kier alpha value is -3.60. The summed E-state index contributed by atoms with van der Waals surface area (Å²) in [4.78, 5) is 61.2. The van der Waals surface area contributed by atoms with E-state index in [0.29, 0.717) is 73.9 Å². The first kappa shape index (κ1) is 57.1. The lowest BCUT2D eigenvalue weighted by molar-refractivity contribution is -0.927. The van der Waals surface area contributed by atoms with Gasteiger partial charge in [-0.1, -0.05) is 81.2 Å². The number of phosphoric acid groups is 1. The summed E-state index contributed by atoms with van der Waals surface area (Å²) in [6.45, 7) is 8.18. The molecule has 7 aliphatic rings. The first-order valence-corrected chi connectivity index (χ1v) is 30.3. The second-order valence-corrected chi connectivity index (χ2v) is 25.5. The van der Waals surface area contributed by atoms with Gasteiger partial charge in [-0.05, 0) is 144 Å². The van der Waals surface area contributed by atoms with Gasteiger partial charge in [0, 0.05) is 54.3 Å². The fourth-order valence-electron chi connectivity index (χ4n) is 15.2. The van der Waals surface area contributed by atoms with E-state index in [1.165, 1.54) is 11.6 Å². The van der Waals surface area contributed by atoms with Crippen molar-refractivity contribution in [3.8, 4) is 5.75 Å². The number of phosphoric ester groups is 1. The van der Waals surface area contributed by atoms with Crippen molar-refractivity contribution in [2.24, 2.45) is 40.4 Å². The number of allylic oxidation sites excluding steroid dienone is 4. The molecule has 76 heavy (non-hydrogen) atoms. The minimum absolute atomic E-state index is 0.00668. The summed E-state index contributed by atoms with van der Waals surface area (Å²) < 4.78 is 43.5. The number of rotatable bonds is 24. The Kier molecular flexibility index (Phi) is 18.3. The molecule has 9 rings (SSSR count). The van der Waals surface area contributed by atoms with Gasteiger partial charge in [-0.25, -0.2) is 4.57 Å². The summed E-state index contributed by atoms with van der Waals surface area (Å²) in [6.07, 6.45) is 18.1. The van der Waals surface area contributed by atoms with E-state index >= 15 is 4.79 Å². The molecule has 2 aromatic rings. The number of likely N-dealkylation sites (tertiary alicyclic amines) is 1. The molecular weight excluding hydrogens is 988 g/mol. The fraction of sp³-hybridized carbons (Fsp3) is 0.683. The number of esters is 1. The molecule has 2 aliphatic heterocycles. The number of ketones is 2. The number of unbranched alkanes of at least 4 members (excludes halogenated alkanes) is 3. The minimum Gasteiger partial charge on any atom is -0.457 e. The number of hydrogen-bond acceptors (Lipinski definition) is 12. The van der Waals surface area contributed by atoms with Crippen LogP contribution in [0.15, 0.2) is 72.3 Å². The monoisotopic (exact) mass is 1070 g/mol. The lowest BCUT2D eigenvalue weighted by Gasteiger charge is -2.59. The van der Waals surface area contributed by atoms with Crippen molar-refractivity contribution < 1.29 is 66.9 Å². The van der Waals surface area contributed by atoms with Gasteiger partial charge in [0.25, 0.3) is 0 Å². The Balaban J connectivity index is 0.767. The molecule has 418 valence electrons. The lowest BCUT2D eigenvalue weighted by atomic mass is 9.46. The van der Waals surface area contributed by atoms with Crippen LogP contribution in [-0.2, 0) is 50.9 Å². The van der Waals surface area contributed by atoms with Crippen LogP contribution in [0.2, 0.25) is 0 Å². The molecule has 2 aromatic carbocycles. The van der Waals surface area contributed by atoms with E-state index in [-0.39, 0.29) is 41.0 Å². The van der Waals surface area contributed by atoms with Crippen LogP contribution >= 0.6 is 7.82 Å². The molecule has 16 heteroatoms. The van der Waals surface area contributed by atoms with Crippen LogP contribution in [-0.4, -0.2) is 119 Å². The van der Waals surface area contributed by atoms with Crippen LogP contribution in [0.5, 0.6) is 5.75 Å². The number of carbonyl (C=O) groups excluding carboxylic acids is 3. The summed E-state index contributed by atoms with van der Waals surface area (Å²) >= 11 is 0. The Morgan fingerprint density at radius 3 is 2.43 bits per heavy atom. The number of nitrogens with one attached hydrogen (secondary N) is 1. The second-order valence-electron chi connectivity index (χ2n) is 24.3. The molecule has 2 saturated heterocycles. The van der Waals surface area contributed by atoms with Crippen molar-refractivity contribution >= 4 is 25.4 Å². The molecule has 10 atom stereocenters. The predicted molar refractivity (Wildman–Crippen MR) is 286 cm³/mol. The van der Waals surface area contributed by atoms with Crippen LogP contribution in [0.3, 0.4) is 0 Å². The van der Waals surface area contributed by atoms with Crippen molar-refractivity contribution in [2.45, 2.75) is 166 Å². The number of aliphatic hydroxyl groups excluding tert-OH is 2. The Morgan fingerprint density at radius 2 is 1.68 bits per heavy atom. The van der Waals surface area contributed by atoms with Crippen LogP contribution in [0.4, 0.5) is 0 Å². The molecule has 4 saturated carbocycles. The van der Waals surface area contributed by atoms with Crippen LogP contribution in [0, 0.1) is 40.4 Å². The van der Waals surface area contributed by atoms with E-state index in [4.69, 9.17) is 23.5 Å². The molecule has 0 radical (unpaired) electrons. The van der Waals surface area contributed by atoms with Gasteiger partial charge in [-0.2, -0.15) is 0 Å². The molecular formula is C60H86N2O13P+. The number of hydrogen-bond donors (Lipinski definition) is 5. The van der Waals surface area contributed by atoms with Gasteiger partial charge in [0.15, 0.2) is 24.3 Å². The maximum atomic E-state index is 15.1. The second kappa shape index (κ2) is 24.4. The van der Waals surface area contributed by atoms with Crippen molar-refractivity contribution in [1.82, 2.24) is 5.32 Å². The SMILES string of the molecule is C[C@]12C=CC(=O)C=C1CCC1C2[C@@H](O)C[C@@]2(C)C1C[C@H]1O[C@@H](C3CCCCC3)O[C@]12C(=O)COC(=O)C1CC[N+](C)(Cc2cc(C(O)CCNCCCCCOCCCCc3ccccc3)ccc2OP(=O)(O)O)CC1. The van der Waals surface area contributed by atoms with Crippen LogP contribution in [0.1, 0.15) is 146 Å². The third-order valence-electron chi connectivity index (χ3n) is 19.2. The zero-order valence-electron chi connectivity index (χ0n) is 45.3. The number of piperidine rings is 1. The number of quaternary nitrogens is 1. The van der Waals surface area contributed by atoms with Crippen molar-refractivity contribution in [3.63, 3.8) is 0 Å². The molecule has 6 fully saturated rings. The number of Topliss-reactive ketones (excluding diaryl/α,β-unsaturated/α-hetero) is 1. The number of benzene rings is 2. The van der Waals surface area contributed by atoms with Gasteiger partial charge in [-0.15, -0.1) is 0 Å². The molecule has 0 bridgehead atoms. The van der Waals surface area contributed by atoms with E-state index < -0.39 is 67.3 Å². The van der Waals surface area contributed by atoms with Gasteiger partial charge in [-0.3, -0.25) is 24.2 Å². The number of aliphatic hydroxyl groups is 2. The molecule has 0 aromatic heterocycles. The standard InChI is InChI=1S/C60H85N2O13P/c1-58-28-24-47(63)36-46(58)21-22-48-49-37-54-60(59(49,2)38-51(65)55(48)58,74-57(73-54)43-18-9-5-10-19-43)53(66)40-72-56(67)42-26-31-62(3,32-27-42)39-45-35-44(20-23-52(45)75-76(68,69)70)50(64)25-30-61-29-12-6-13-33-71-34-14-11-17-41-15-7-4-8-16-41/h4,7-8,15-16,20,23-24,28,35-36,42-43,48-51,54-55,57,61,64-65H,5-6,9-14,17-19,21-22,25-27,29-34,37-40H2,1-3H3,(H-,68,69,70)/p+1/t42?,48?,49?,50?,51-,54+,55?,57+,58-,59-,60+,62?/m0/s1.